The molecule has 2 N–H and O–H groups in total. The number of benzene rings is 2. The second kappa shape index (κ2) is 8.88. The smallest absolute Gasteiger partial charge is 0.291 e. The monoisotopic (exact) mass is 453 g/mol. The second-order valence-corrected chi connectivity index (χ2v) is 9.02. The lowest BCUT2D eigenvalue weighted by molar-refractivity contribution is 0.0994. The molecule has 0 spiro atoms. The van der Waals surface area contributed by atoms with Crippen LogP contribution in [0.25, 0.3) is 0 Å². The Bertz CT molecular complexity index is 1260. The number of rotatable bonds is 6. The van der Waals surface area contributed by atoms with Gasteiger partial charge in [0, 0.05) is 23.2 Å². The van der Waals surface area contributed by atoms with Crippen LogP contribution in [-0.4, -0.2) is 27.1 Å². The molecule has 1 aliphatic rings. The zero-order valence-corrected chi connectivity index (χ0v) is 18.5. The maximum absolute atomic E-state index is 12.8. The van der Waals surface area contributed by atoms with Crippen LogP contribution in [0, 0.1) is 6.92 Å². The van der Waals surface area contributed by atoms with E-state index in [4.69, 9.17) is 9.15 Å². The van der Waals surface area contributed by atoms with Crippen LogP contribution in [0.4, 0.5) is 5.69 Å². The number of nitrogens with zero attached hydrogens (tertiary/aromatic N) is 1. The summed E-state index contributed by atoms with van der Waals surface area (Å²) in [5.74, 6) is 1.12. The van der Waals surface area contributed by atoms with Crippen molar-refractivity contribution in [3.8, 4) is 5.75 Å². The number of hydrogen-bond donors (Lipinski definition) is 2. The van der Waals surface area contributed by atoms with Crippen LogP contribution < -0.4 is 14.9 Å². The number of carbonyl (C=O) groups is 1. The molecule has 3 aromatic rings. The average Bonchev–Trinajstić information content (AvgIpc) is 3.16. The van der Waals surface area contributed by atoms with E-state index in [1.54, 1.807) is 56.5 Å². The molecule has 166 valence electrons. The third kappa shape index (κ3) is 4.38. The van der Waals surface area contributed by atoms with E-state index in [1.807, 2.05) is 0 Å². The first-order chi connectivity index (χ1) is 15.4. The fourth-order valence-corrected chi connectivity index (χ4v) is 4.48. The molecule has 8 nitrogen and oxygen atoms in total. The molecule has 1 aliphatic carbocycles. The summed E-state index contributed by atoms with van der Waals surface area (Å²) >= 11 is 0. The summed E-state index contributed by atoms with van der Waals surface area (Å²) in [4.78, 5) is 15.3. The summed E-state index contributed by atoms with van der Waals surface area (Å²) in [6.45, 7) is 1.78. The van der Waals surface area contributed by atoms with E-state index in [0.717, 1.165) is 6.42 Å². The molecule has 0 unspecified atom stereocenters. The van der Waals surface area contributed by atoms with Gasteiger partial charge in [-0.2, -0.15) is 18.4 Å². The lowest BCUT2D eigenvalue weighted by Gasteiger charge is -2.14. The van der Waals surface area contributed by atoms with Crippen molar-refractivity contribution in [2.45, 2.75) is 31.1 Å². The van der Waals surface area contributed by atoms with Crippen molar-refractivity contribution in [3.05, 3.63) is 77.2 Å². The van der Waals surface area contributed by atoms with Crippen molar-refractivity contribution in [2.24, 2.45) is 5.10 Å². The Morgan fingerprint density at radius 1 is 1.06 bits per heavy atom. The molecule has 0 atom stereocenters. The Balaban J connectivity index is 1.58. The Morgan fingerprint density at radius 3 is 2.47 bits per heavy atom. The molecule has 32 heavy (non-hydrogen) atoms. The van der Waals surface area contributed by atoms with Crippen LogP contribution >= 0.6 is 0 Å². The van der Waals surface area contributed by atoms with Crippen molar-refractivity contribution in [3.63, 3.8) is 0 Å². The van der Waals surface area contributed by atoms with E-state index in [2.05, 4.69) is 15.2 Å². The Labute approximate surface area is 186 Å². The summed E-state index contributed by atoms with van der Waals surface area (Å²) in [7, 11) is -2.22. The minimum absolute atomic E-state index is 0.129. The van der Waals surface area contributed by atoms with E-state index in [9.17, 15) is 13.2 Å². The Kier molecular flexibility index (Phi) is 6.00. The zero-order chi connectivity index (χ0) is 22.7. The van der Waals surface area contributed by atoms with E-state index in [1.165, 1.54) is 12.1 Å². The van der Waals surface area contributed by atoms with Crippen molar-refractivity contribution >= 4 is 27.3 Å². The highest BCUT2D eigenvalue weighted by atomic mass is 32.2. The highest BCUT2D eigenvalue weighted by Gasteiger charge is 2.28. The number of furan rings is 1. The lowest BCUT2D eigenvalue weighted by Crippen LogP contribution is -2.22. The topological polar surface area (TPSA) is 110 Å². The normalized spacial score (nSPS) is 14.6. The van der Waals surface area contributed by atoms with Crippen molar-refractivity contribution in [2.75, 3.05) is 12.4 Å². The molecule has 1 heterocycles. The van der Waals surface area contributed by atoms with Gasteiger partial charge in [-0.3, -0.25) is 4.79 Å². The van der Waals surface area contributed by atoms with Crippen molar-refractivity contribution in [1.82, 2.24) is 4.83 Å². The number of aryl methyl sites for hydroxylation is 1. The fourth-order valence-electron chi connectivity index (χ4n) is 3.63. The minimum atomic E-state index is -3.79. The first kappa shape index (κ1) is 21.6. The van der Waals surface area contributed by atoms with Gasteiger partial charge in [0.2, 0.25) is 0 Å². The molecule has 0 saturated carbocycles. The van der Waals surface area contributed by atoms with Crippen LogP contribution in [0.3, 0.4) is 0 Å². The van der Waals surface area contributed by atoms with Crippen molar-refractivity contribution in [1.29, 1.82) is 0 Å². The number of hydrazone groups is 1. The summed E-state index contributed by atoms with van der Waals surface area (Å²) < 4.78 is 36.0. The zero-order valence-electron chi connectivity index (χ0n) is 17.7. The molecule has 0 saturated heterocycles. The number of nitrogens with one attached hydrogen (secondary N) is 2. The number of hydrogen-bond acceptors (Lipinski definition) is 6. The SMILES string of the molecule is COc1ccc(NC(=O)c2oc3c(c2C)/C(=N/NS(=O)(=O)c2ccccc2)CCC3)cc1. The van der Waals surface area contributed by atoms with E-state index in [-0.39, 0.29) is 16.6 Å². The maximum Gasteiger partial charge on any atom is 0.291 e. The predicted octanol–water partition coefficient (Wildman–Crippen LogP) is 3.87. The van der Waals surface area contributed by atoms with Gasteiger partial charge < -0.3 is 14.5 Å². The highest BCUT2D eigenvalue weighted by Crippen LogP contribution is 2.30. The largest absolute Gasteiger partial charge is 0.497 e. The van der Waals surface area contributed by atoms with Crippen molar-refractivity contribution < 1.29 is 22.4 Å². The number of methoxy groups -OCH3 is 1. The standard InChI is InChI=1S/C23H23N3O5S/c1-15-21-19(25-26-32(28,29)18-7-4-3-5-8-18)9-6-10-20(21)31-22(15)23(27)24-16-11-13-17(30-2)14-12-16/h3-5,7-8,11-14,26H,6,9-10H2,1-2H3,(H,24,27)/b25-19+. The molecule has 0 radical (unpaired) electrons. The van der Waals surface area contributed by atoms with Gasteiger partial charge in [0.25, 0.3) is 15.9 Å². The van der Waals surface area contributed by atoms with Gasteiger partial charge in [0.15, 0.2) is 5.76 Å². The fraction of sp³-hybridized carbons (Fsp3) is 0.217. The molecule has 4 rings (SSSR count). The van der Waals surface area contributed by atoms with E-state index in [0.29, 0.717) is 46.9 Å². The third-order valence-electron chi connectivity index (χ3n) is 5.23. The van der Waals surface area contributed by atoms with Crippen LogP contribution in [0.2, 0.25) is 0 Å². The molecule has 1 amide bonds. The second-order valence-electron chi connectivity index (χ2n) is 7.36. The average molecular weight is 454 g/mol. The van der Waals surface area contributed by atoms with Crippen LogP contribution in [-0.2, 0) is 16.4 Å². The number of amides is 1. The molecular weight excluding hydrogens is 430 g/mol. The quantitative estimate of drug-likeness (QED) is 0.551. The van der Waals surface area contributed by atoms with E-state index < -0.39 is 10.0 Å². The molecule has 0 fully saturated rings. The number of anilines is 1. The van der Waals surface area contributed by atoms with E-state index >= 15 is 0 Å². The summed E-state index contributed by atoms with van der Waals surface area (Å²) in [6.07, 6.45) is 1.96. The van der Waals surface area contributed by atoms with Gasteiger partial charge in [-0.25, -0.2) is 0 Å². The van der Waals surface area contributed by atoms with Gasteiger partial charge in [-0.15, -0.1) is 0 Å². The summed E-state index contributed by atoms with van der Waals surface area (Å²) in [5, 5.41) is 6.99. The molecule has 0 bridgehead atoms. The van der Waals surface area contributed by atoms with Crippen LogP contribution in [0.15, 0.2) is 69.0 Å². The molecule has 2 aromatic carbocycles. The lowest BCUT2D eigenvalue weighted by atomic mass is 9.93. The number of sulfonamides is 1. The third-order valence-corrected chi connectivity index (χ3v) is 6.46. The number of ether oxygens (including phenoxy) is 1. The van der Waals surface area contributed by atoms with Crippen LogP contribution in [0.1, 0.15) is 40.3 Å². The summed E-state index contributed by atoms with van der Waals surface area (Å²) in [6, 6.07) is 15.0. The van der Waals surface area contributed by atoms with Gasteiger partial charge in [0.05, 0.1) is 17.7 Å². The highest BCUT2D eigenvalue weighted by molar-refractivity contribution is 7.89. The molecular formula is C23H23N3O5S. The maximum atomic E-state index is 12.8. The van der Waals surface area contributed by atoms with Crippen LogP contribution in [0.5, 0.6) is 5.75 Å². The van der Waals surface area contributed by atoms with Gasteiger partial charge >= 0.3 is 0 Å². The Morgan fingerprint density at radius 2 is 1.78 bits per heavy atom. The Hall–Kier alpha value is -3.59. The number of fused-ring (bicyclic) bond motifs is 1. The van der Waals surface area contributed by atoms with Gasteiger partial charge in [0.1, 0.15) is 11.5 Å². The van der Waals surface area contributed by atoms with Gasteiger partial charge in [-0.1, -0.05) is 18.2 Å². The first-order valence-corrected chi connectivity index (χ1v) is 11.6. The first-order valence-electron chi connectivity index (χ1n) is 10.1. The number of carbonyl (C=O) groups excluding carboxylic acids is 1. The van der Waals surface area contributed by atoms with Gasteiger partial charge in [-0.05, 0) is 56.2 Å². The molecule has 0 aliphatic heterocycles. The predicted molar refractivity (Wildman–Crippen MR) is 121 cm³/mol. The molecule has 9 heteroatoms. The minimum Gasteiger partial charge on any atom is -0.497 e. The molecule has 1 aromatic heterocycles. The summed E-state index contributed by atoms with van der Waals surface area (Å²) in [5.41, 5.74) is 2.47.